The summed E-state index contributed by atoms with van der Waals surface area (Å²) in [6.45, 7) is 1.28. The van der Waals surface area contributed by atoms with Gasteiger partial charge in [-0.15, -0.1) is 0 Å². The molecule has 0 aromatic heterocycles. The van der Waals surface area contributed by atoms with Crippen LogP contribution in [0.1, 0.15) is 13.3 Å². The van der Waals surface area contributed by atoms with Crippen LogP contribution in [0.5, 0.6) is 0 Å². The molecule has 0 radical (unpaired) electrons. The van der Waals surface area contributed by atoms with Gasteiger partial charge in [0.1, 0.15) is 0 Å². The molecule has 22 heavy (non-hydrogen) atoms. The van der Waals surface area contributed by atoms with Crippen LogP contribution in [0.4, 0.5) is 18.9 Å². The quantitative estimate of drug-likeness (QED) is 0.602. The summed E-state index contributed by atoms with van der Waals surface area (Å²) < 4.78 is 63.0. The summed E-state index contributed by atoms with van der Waals surface area (Å²) in [6, 6.07) is 1.85. The molecule has 1 rings (SSSR count). The number of rotatable bonds is 6. The Hall–Kier alpha value is -1.72. The third-order valence-corrected chi connectivity index (χ3v) is 4.33. The van der Waals surface area contributed by atoms with Crippen LogP contribution in [0.25, 0.3) is 0 Å². The Bertz CT molecular complexity index is 630. The van der Waals surface area contributed by atoms with Gasteiger partial charge < -0.3 is 5.11 Å². The minimum atomic E-state index is -4.97. The molecule has 0 aliphatic heterocycles. The van der Waals surface area contributed by atoms with Gasteiger partial charge in [-0.05, 0) is 18.6 Å². The van der Waals surface area contributed by atoms with Crippen LogP contribution >= 0.6 is 0 Å². The topological polar surface area (TPSA) is 110 Å². The van der Waals surface area contributed by atoms with E-state index in [4.69, 9.17) is 5.11 Å². The number of halogens is 3. The van der Waals surface area contributed by atoms with Gasteiger partial charge in [0.05, 0.1) is 15.9 Å². The van der Waals surface area contributed by atoms with Crippen molar-refractivity contribution in [2.45, 2.75) is 36.6 Å². The minimum Gasteiger partial charge on any atom is -0.382 e. The Morgan fingerprint density at radius 2 is 1.82 bits per heavy atom. The van der Waals surface area contributed by atoms with E-state index < -0.39 is 38.2 Å². The Kier molecular flexibility index (Phi) is 5.49. The molecule has 1 aromatic carbocycles. The lowest BCUT2D eigenvalue weighted by Gasteiger charge is -2.24. The van der Waals surface area contributed by atoms with E-state index in [0.29, 0.717) is 0 Å². The van der Waals surface area contributed by atoms with Gasteiger partial charge in [-0.2, -0.15) is 13.2 Å². The van der Waals surface area contributed by atoms with Gasteiger partial charge in [-0.1, -0.05) is 6.92 Å². The molecule has 0 aliphatic rings. The molecular weight excluding hydrogens is 329 g/mol. The van der Waals surface area contributed by atoms with Crippen molar-refractivity contribution >= 4 is 15.7 Å². The van der Waals surface area contributed by atoms with E-state index in [0.717, 1.165) is 24.3 Å². The Morgan fingerprint density at radius 3 is 2.18 bits per heavy atom. The number of nitrogens with zero attached hydrogens (tertiary/aromatic N) is 1. The number of non-ortho nitro benzene ring substituents is 1. The SMILES string of the molecule is CC[C@@H](NS(=O)(=O)c1ccc([N+](=O)[O-])cc1)[C@@H](O)C(F)(F)F. The monoisotopic (exact) mass is 342 g/mol. The summed E-state index contributed by atoms with van der Waals surface area (Å²) in [5.41, 5.74) is -0.360. The number of hydrogen-bond donors (Lipinski definition) is 2. The zero-order valence-corrected chi connectivity index (χ0v) is 12.1. The number of alkyl halides is 3. The highest BCUT2D eigenvalue weighted by Crippen LogP contribution is 2.25. The number of nitrogens with one attached hydrogen (secondary N) is 1. The van der Waals surface area contributed by atoms with E-state index in [9.17, 15) is 31.7 Å². The number of nitro benzene ring substituents is 1. The molecule has 0 amide bonds. The van der Waals surface area contributed by atoms with Crippen molar-refractivity contribution in [3.63, 3.8) is 0 Å². The molecule has 0 unspecified atom stereocenters. The van der Waals surface area contributed by atoms with Gasteiger partial charge >= 0.3 is 6.18 Å². The van der Waals surface area contributed by atoms with Crippen molar-refractivity contribution in [2.24, 2.45) is 0 Å². The Balaban J connectivity index is 3.01. The van der Waals surface area contributed by atoms with Gasteiger partial charge in [-0.25, -0.2) is 13.1 Å². The predicted octanol–water partition coefficient (Wildman–Crippen LogP) is 1.57. The van der Waals surface area contributed by atoms with Crippen molar-refractivity contribution in [1.29, 1.82) is 0 Å². The van der Waals surface area contributed by atoms with Crippen LogP contribution in [0.3, 0.4) is 0 Å². The fraction of sp³-hybridized carbons (Fsp3) is 0.455. The zero-order valence-electron chi connectivity index (χ0n) is 11.2. The van der Waals surface area contributed by atoms with Crippen molar-refractivity contribution in [1.82, 2.24) is 4.72 Å². The van der Waals surface area contributed by atoms with Gasteiger partial charge in [0, 0.05) is 12.1 Å². The second-order valence-electron chi connectivity index (χ2n) is 4.37. The van der Waals surface area contributed by atoms with Crippen LogP contribution in [0.2, 0.25) is 0 Å². The first-order valence-corrected chi connectivity index (χ1v) is 7.49. The third-order valence-electron chi connectivity index (χ3n) is 2.82. The average molecular weight is 342 g/mol. The molecule has 11 heteroatoms. The standard InChI is InChI=1S/C11H13F3N2O5S/c1-2-9(10(17)11(12,13)14)15-22(20,21)8-5-3-7(4-6-8)16(18)19/h3-6,9-10,15,17H,2H2,1H3/t9-,10-/m1/s1. The first-order chi connectivity index (χ1) is 9.99. The normalized spacial score (nSPS) is 15.3. The number of aliphatic hydroxyl groups is 1. The Morgan fingerprint density at radius 1 is 1.32 bits per heavy atom. The molecule has 7 nitrogen and oxygen atoms in total. The summed E-state index contributed by atoms with van der Waals surface area (Å²) in [4.78, 5) is 9.29. The molecule has 124 valence electrons. The van der Waals surface area contributed by atoms with E-state index in [-0.39, 0.29) is 12.1 Å². The van der Waals surface area contributed by atoms with Crippen molar-refractivity contribution in [3.8, 4) is 0 Å². The van der Waals surface area contributed by atoms with E-state index >= 15 is 0 Å². The van der Waals surface area contributed by atoms with Crippen LogP contribution < -0.4 is 4.72 Å². The summed E-state index contributed by atoms with van der Waals surface area (Å²) in [6.07, 6.45) is -8.13. The van der Waals surface area contributed by atoms with E-state index in [1.54, 1.807) is 4.72 Å². The molecule has 0 saturated carbocycles. The number of benzene rings is 1. The molecule has 0 saturated heterocycles. The minimum absolute atomic E-state index is 0.299. The highest BCUT2D eigenvalue weighted by atomic mass is 32.2. The first-order valence-electron chi connectivity index (χ1n) is 6.00. The molecule has 0 fully saturated rings. The summed E-state index contributed by atoms with van der Waals surface area (Å²) in [5, 5.41) is 19.6. The number of nitro groups is 1. The molecule has 1 aromatic rings. The van der Waals surface area contributed by atoms with E-state index in [1.165, 1.54) is 6.92 Å². The fourth-order valence-electron chi connectivity index (χ4n) is 1.61. The van der Waals surface area contributed by atoms with Crippen molar-refractivity contribution in [3.05, 3.63) is 34.4 Å². The zero-order chi connectivity index (χ0) is 17.1. The van der Waals surface area contributed by atoms with Crippen LogP contribution in [0.15, 0.2) is 29.2 Å². The number of hydrogen-bond acceptors (Lipinski definition) is 5. The average Bonchev–Trinajstić information content (AvgIpc) is 2.43. The van der Waals surface area contributed by atoms with Gasteiger partial charge in [0.25, 0.3) is 5.69 Å². The smallest absolute Gasteiger partial charge is 0.382 e. The highest BCUT2D eigenvalue weighted by Gasteiger charge is 2.44. The summed E-state index contributed by atoms with van der Waals surface area (Å²) in [7, 11) is -4.35. The maximum atomic E-state index is 12.4. The van der Waals surface area contributed by atoms with E-state index in [1.807, 2.05) is 0 Å². The van der Waals surface area contributed by atoms with E-state index in [2.05, 4.69) is 0 Å². The predicted molar refractivity (Wildman–Crippen MR) is 69.6 cm³/mol. The molecule has 0 heterocycles. The second kappa shape index (κ2) is 6.58. The number of sulfonamides is 1. The van der Waals surface area contributed by atoms with Gasteiger partial charge in [0.15, 0.2) is 6.10 Å². The number of aliphatic hydroxyl groups excluding tert-OH is 1. The molecule has 2 N–H and O–H groups in total. The van der Waals surface area contributed by atoms with Crippen LogP contribution in [-0.2, 0) is 10.0 Å². The lowest BCUT2D eigenvalue weighted by molar-refractivity contribution is -0.384. The largest absolute Gasteiger partial charge is 0.415 e. The van der Waals surface area contributed by atoms with Gasteiger partial charge in [-0.3, -0.25) is 10.1 Å². The maximum Gasteiger partial charge on any atom is 0.415 e. The first kappa shape index (κ1) is 18.3. The lowest BCUT2D eigenvalue weighted by atomic mass is 10.1. The van der Waals surface area contributed by atoms with Gasteiger partial charge in [0.2, 0.25) is 10.0 Å². The third kappa shape index (κ3) is 4.39. The molecule has 0 bridgehead atoms. The fourth-order valence-corrected chi connectivity index (χ4v) is 2.94. The molecule has 0 spiro atoms. The second-order valence-corrected chi connectivity index (χ2v) is 6.09. The maximum absolute atomic E-state index is 12.4. The molecular formula is C11H13F3N2O5S. The lowest BCUT2D eigenvalue weighted by Crippen LogP contribution is -2.49. The summed E-state index contributed by atoms with van der Waals surface area (Å²) in [5.74, 6) is 0. The summed E-state index contributed by atoms with van der Waals surface area (Å²) >= 11 is 0. The van der Waals surface area contributed by atoms with Crippen LogP contribution in [0, 0.1) is 10.1 Å². The highest BCUT2D eigenvalue weighted by molar-refractivity contribution is 7.89. The van der Waals surface area contributed by atoms with Crippen LogP contribution in [-0.4, -0.2) is 36.8 Å². The molecule has 0 aliphatic carbocycles. The van der Waals surface area contributed by atoms with Crippen molar-refractivity contribution < 1.29 is 31.6 Å². The van der Waals surface area contributed by atoms with Crippen molar-refractivity contribution in [2.75, 3.05) is 0 Å². The molecule has 2 atom stereocenters. The Labute approximate surface area is 124 Å².